The molecule has 0 saturated carbocycles. The van der Waals surface area contributed by atoms with E-state index in [-0.39, 0.29) is 0 Å². The van der Waals surface area contributed by atoms with Gasteiger partial charge in [-0.3, -0.25) is 4.79 Å². The van der Waals surface area contributed by atoms with Crippen molar-refractivity contribution in [3.8, 4) is 0 Å². The van der Waals surface area contributed by atoms with Crippen molar-refractivity contribution in [1.82, 2.24) is 4.31 Å². The summed E-state index contributed by atoms with van der Waals surface area (Å²) in [6, 6.07) is 0. The van der Waals surface area contributed by atoms with Crippen molar-refractivity contribution in [3.05, 3.63) is 0 Å². The quantitative estimate of drug-likeness (QED) is 0.605. The Morgan fingerprint density at radius 3 is 2.00 bits per heavy atom. The van der Waals surface area contributed by atoms with Crippen LogP contribution in [-0.4, -0.2) is 44.6 Å². The summed E-state index contributed by atoms with van der Waals surface area (Å²) >= 11 is 0. The zero-order valence-electron chi connectivity index (χ0n) is 8.49. The predicted octanol–water partition coefficient (Wildman–Crippen LogP) is -0.171. The Kier molecular flexibility index (Phi) is 3.46. The Morgan fingerprint density at radius 1 is 1.38 bits per heavy atom. The molecule has 0 aliphatic carbocycles. The highest BCUT2D eigenvalue weighted by molar-refractivity contribution is 7.88. The summed E-state index contributed by atoms with van der Waals surface area (Å²) in [5.74, 6) is -0.583. The molecule has 0 spiro atoms. The molecule has 0 radical (unpaired) electrons. The first kappa shape index (κ1) is 12.4. The zero-order chi connectivity index (χ0) is 10.9. The first-order valence-electron chi connectivity index (χ1n) is 3.66. The van der Waals surface area contributed by atoms with Crippen LogP contribution in [0.2, 0.25) is 0 Å². The van der Waals surface area contributed by atoms with Crippen LogP contribution in [0, 0.1) is 0 Å². The maximum atomic E-state index is 11.2. The van der Waals surface area contributed by atoms with Crippen LogP contribution in [0.4, 0.5) is 0 Å². The van der Waals surface area contributed by atoms with Gasteiger partial charge in [0.15, 0.2) is 0 Å². The molecule has 0 rings (SSSR count). The minimum absolute atomic E-state index is 0.583. The van der Waals surface area contributed by atoms with Crippen LogP contribution in [0.3, 0.4) is 0 Å². The van der Waals surface area contributed by atoms with Gasteiger partial charge in [0.25, 0.3) is 0 Å². The number of ether oxygens (including phenoxy) is 1. The molecule has 0 unspecified atom stereocenters. The molecule has 0 saturated heterocycles. The molecule has 0 aliphatic heterocycles. The van der Waals surface area contributed by atoms with Gasteiger partial charge in [-0.1, -0.05) is 0 Å². The first-order chi connectivity index (χ1) is 5.64. The van der Waals surface area contributed by atoms with Crippen LogP contribution in [0.5, 0.6) is 0 Å². The van der Waals surface area contributed by atoms with E-state index in [2.05, 4.69) is 4.74 Å². The lowest BCUT2D eigenvalue weighted by Crippen LogP contribution is -2.50. The largest absolute Gasteiger partial charge is 0.468 e. The summed E-state index contributed by atoms with van der Waals surface area (Å²) in [4.78, 5) is 11.2. The van der Waals surface area contributed by atoms with Crippen LogP contribution < -0.4 is 0 Å². The number of rotatable bonds is 3. The Bertz CT molecular complexity index is 294. The maximum absolute atomic E-state index is 11.2. The van der Waals surface area contributed by atoms with E-state index in [0.717, 1.165) is 10.6 Å². The lowest BCUT2D eigenvalue weighted by Gasteiger charge is -2.30. The minimum atomic E-state index is -3.38. The van der Waals surface area contributed by atoms with E-state index in [1.54, 1.807) is 0 Å². The van der Waals surface area contributed by atoms with Gasteiger partial charge in [0, 0.05) is 7.05 Å². The van der Waals surface area contributed by atoms with Crippen molar-refractivity contribution in [3.63, 3.8) is 0 Å². The van der Waals surface area contributed by atoms with E-state index in [0.29, 0.717) is 0 Å². The highest BCUT2D eigenvalue weighted by Gasteiger charge is 2.38. The molecular weight excluding hydrogens is 194 g/mol. The standard InChI is InChI=1S/C7H15NO4S/c1-7(2,6(9)12-4)8(3)13(5,10)11/h1-5H3. The number of hydrogen-bond donors (Lipinski definition) is 0. The average Bonchev–Trinajstić information content (AvgIpc) is 1.99. The Hall–Kier alpha value is -0.620. The number of nitrogens with zero attached hydrogens (tertiary/aromatic N) is 1. The van der Waals surface area contributed by atoms with Crippen molar-refractivity contribution in [2.24, 2.45) is 0 Å². The molecule has 0 aliphatic rings. The van der Waals surface area contributed by atoms with Crippen LogP contribution in [0.1, 0.15) is 13.8 Å². The van der Waals surface area contributed by atoms with Crippen LogP contribution >= 0.6 is 0 Å². The van der Waals surface area contributed by atoms with Gasteiger partial charge < -0.3 is 4.74 Å². The number of likely N-dealkylation sites (N-methyl/N-ethyl adjacent to an activating group) is 1. The van der Waals surface area contributed by atoms with E-state index in [9.17, 15) is 13.2 Å². The minimum Gasteiger partial charge on any atom is -0.468 e. The van der Waals surface area contributed by atoms with E-state index in [1.807, 2.05) is 0 Å². The molecule has 0 atom stereocenters. The molecule has 0 N–H and O–H groups in total. The van der Waals surface area contributed by atoms with Crippen LogP contribution in [0.15, 0.2) is 0 Å². The van der Waals surface area contributed by atoms with Gasteiger partial charge in [0.1, 0.15) is 5.54 Å². The topological polar surface area (TPSA) is 63.7 Å². The second kappa shape index (κ2) is 3.63. The van der Waals surface area contributed by atoms with E-state index in [1.165, 1.54) is 28.0 Å². The van der Waals surface area contributed by atoms with E-state index in [4.69, 9.17) is 0 Å². The molecule has 0 amide bonds. The fourth-order valence-electron chi connectivity index (χ4n) is 0.793. The number of hydrogen-bond acceptors (Lipinski definition) is 4. The third kappa shape index (κ3) is 2.67. The summed E-state index contributed by atoms with van der Waals surface area (Å²) in [6.45, 7) is 2.97. The third-order valence-corrected chi connectivity index (χ3v) is 3.42. The molecule has 0 aromatic rings. The number of esters is 1. The highest BCUT2D eigenvalue weighted by Crippen LogP contribution is 2.16. The van der Waals surface area contributed by atoms with Gasteiger partial charge >= 0.3 is 5.97 Å². The van der Waals surface area contributed by atoms with E-state index >= 15 is 0 Å². The summed E-state index contributed by atoms with van der Waals surface area (Å²) in [7, 11) is -0.821. The molecule has 0 bridgehead atoms. The molecular formula is C7H15NO4S. The van der Waals surface area contributed by atoms with Gasteiger partial charge in [0.2, 0.25) is 10.0 Å². The normalized spacial score (nSPS) is 13.1. The van der Waals surface area contributed by atoms with Gasteiger partial charge in [-0.2, -0.15) is 4.31 Å². The van der Waals surface area contributed by atoms with Gasteiger partial charge in [-0.15, -0.1) is 0 Å². The van der Waals surface area contributed by atoms with Crippen molar-refractivity contribution in [1.29, 1.82) is 0 Å². The van der Waals surface area contributed by atoms with Gasteiger partial charge in [-0.05, 0) is 13.8 Å². The Balaban J connectivity index is 4.96. The third-order valence-electron chi connectivity index (χ3n) is 1.97. The zero-order valence-corrected chi connectivity index (χ0v) is 9.30. The Labute approximate surface area is 78.7 Å². The number of carbonyl (C=O) groups is 1. The monoisotopic (exact) mass is 209 g/mol. The molecule has 78 valence electrons. The summed E-state index contributed by atoms with van der Waals surface area (Å²) < 4.78 is 27.7. The second-order valence-electron chi connectivity index (χ2n) is 3.28. The summed E-state index contributed by atoms with van der Waals surface area (Å²) in [5.41, 5.74) is -1.16. The number of carbonyl (C=O) groups excluding carboxylic acids is 1. The van der Waals surface area contributed by atoms with Crippen LogP contribution in [-0.2, 0) is 19.6 Å². The second-order valence-corrected chi connectivity index (χ2v) is 5.29. The summed E-state index contributed by atoms with van der Waals surface area (Å²) in [6.07, 6.45) is 1.04. The molecule has 0 aromatic carbocycles. The number of methoxy groups -OCH3 is 1. The molecule has 6 heteroatoms. The molecule has 0 fully saturated rings. The van der Waals surface area contributed by atoms with Crippen LogP contribution in [0.25, 0.3) is 0 Å². The van der Waals surface area contributed by atoms with Crippen molar-refractivity contribution in [2.45, 2.75) is 19.4 Å². The van der Waals surface area contributed by atoms with Gasteiger partial charge in [0.05, 0.1) is 13.4 Å². The summed E-state index contributed by atoms with van der Waals surface area (Å²) in [5, 5.41) is 0. The lowest BCUT2D eigenvalue weighted by molar-refractivity contribution is -0.149. The SMILES string of the molecule is COC(=O)C(C)(C)N(C)S(C)(=O)=O. The van der Waals surface area contributed by atoms with Crippen molar-refractivity contribution >= 4 is 16.0 Å². The smallest absolute Gasteiger partial charge is 0.326 e. The molecule has 0 heterocycles. The van der Waals surface area contributed by atoms with Crippen molar-refractivity contribution < 1.29 is 17.9 Å². The molecule has 5 nitrogen and oxygen atoms in total. The van der Waals surface area contributed by atoms with Crippen molar-refractivity contribution in [2.75, 3.05) is 20.4 Å². The predicted molar refractivity (Wildman–Crippen MR) is 48.7 cm³/mol. The lowest BCUT2D eigenvalue weighted by atomic mass is 10.1. The Morgan fingerprint density at radius 2 is 1.77 bits per heavy atom. The molecule has 0 aromatic heterocycles. The fourth-order valence-corrected chi connectivity index (χ4v) is 1.70. The molecule has 13 heavy (non-hydrogen) atoms. The maximum Gasteiger partial charge on any atom is 0.326 e. The fraction of sp³-hybridized carbons (Fsp3) is 0.857. The van der Waals surface area contributed by atoms with Gasteiger partial charge in [-0.25, -0.2) is 8.42 Å². The van der Waals surface area contributed by atoms with E-state index < -0.39 is 21.5 Å². The highest BCUT2D eigenvalue weighted by atomic mass is 32.2. The average molecular weight is 209 g/mol. The first-order valence-corrected chi connectivity index (χ1v) is 5.51. The number of sulfonamides is 1.